The first kappa shape index (κ1) is 14.8. The van der Waals surface area contributed by atoms with Gasteiger partial charge in [0, 0.05) is 0 Å². The number of para-hydroxylation sites is 3. The van der Waals surface area contributed by atoms with Crippen molar-refractivity contribution in [2.75, 3.05) is 6.61 Å². The summed E-state index contributed by atoms with van der Waals surface area (Å²) in [5.41, 5.74) is 1.98. The molecule has 0 atom stereocenters. The van der Waals surface area contributed by atoms with Crippen LogP contribution in [0.5, 0.6) is 5.75 Å². The summed E-state index contributed by atoms with van der Waals surface area (Å²) < 4.78 is 13.5. The van der Waals surface area contributed by atoms with Gasteiger partial charge in [0.1, 0.15) is 12.4 Å². The van der Waals surface area contributed by atoms with E-state index in [4.69, 9.17) is 20.8 Å². The number of fused-ring (bicyclic) bond motifs is 1. The van der Waals surface area contributed by atoms with Gasteiger partial charge in [-0.25, -0.2) is 4.98 Å². The van der Waals surface area contributed by atoms with E-state index in [1.165, 1.54) is 0 Å². The van der Waals surface area contributed by atoms with Gasteiger partial charge in [-0.2, -0.15) is 0 Å². The molecule has 0 saturated heterocycles. The predicted molar refractivity (Wildman–Crippen MR) is 94.4 cm³/mol. The highest BCUT2D eigenvalue weighted by atomic mass is 35.5. The zero-order valence-corrected chi connectivity index (χ0v) is 13.6. The Morgan fingerprint density at radius 1 is 1.00 bits per heavy atom. The number of nitrogens with zero attached hydrogens (tertiary/aromatic N) is 2. The molecule has 0 spiro atoms. The molecule has 4 nitrogen and oxygen atoms in total. The Bertz CT molecular complexity index is 961. The van der Waals surface area contributed by atoms with Crippen molar-refractivity contribution in [3.63, 3.8) is 0 Å². The van der Waals surface area contributed by atoms with Crippen molar-refractivity contribution in [2.45, 2.75) is 6.54 Å². The molecule has 0 aliphatic heterocycles. The maximum Gasteiger partial charge on any atom is 0.177 e. The van der Waals surface area contributed by atoms with Gasteiger partial charge in [0.15, 0.2) is 11.6 Å². The van der Waals surface area contributed by atoms with E-state index in [1.807, 2.05) is 60.7 Å². The zero-order chi connectivity index (χ0) is 16.4. The van der Waals surface area contributed by atoms with Gasteiger partial charge in [0.2, 0.25) is 0 Å². The lowest BCUT2D eigenvalue weighted by Crippen LogP contribution is -2.09. The minimum atomic E-state index is 0.484. The minimum absolute atomic E-state index is 0.484. The van der Waals surface area contributed by atoms with Crippen LogP contribution in [0.2, 0.25) is 5.02 Å². The van der Waals surface area contributed by atoms with Gasteiger partial charge in [0.25, 0.3) is 0 Å². The number of aromatic nitrogens is 2. The molecule has 0 aliphatic carbocycles. The summed E-state index contributed by atoms with van der Waals surface area (Å²) in [5, 5.41) is 0.610. The van der Waals surface area contributed by atoms with E-state index in [0.717, 1.165) is 22.6 Å². The molecule has 4 aromatic rings. The molecule has 0 bridgehead atoms. The largest absolute Gasteiger partial charge is 0.490 e. The van der Waals surface area contributed by atoms with Gasteiger partial charge >= 0.3 is 0 Å². The van der Waals surface area contributed by atoms with Crippen LogP contribution in [0, 0.1) is 0 Å². The third-order valence-corrected chi connectivity index (χ3v) is 4.12. The van der Waals surface area contributed by atoms with Crippen molar-refractivity contribution < 1.29 is 9.15 Å². The Morgan fingerprint density at radius 3 is 2.67 bits per heavy atom. The topological polar surface area (TPSA) is 40.2 Å². The normalized spacial score (nSPS) is 11.0. The molecular weight excluding hydrogens is 324 g/mol. The van der Waals surface area contributed by atoms with Gasteiger partial charge in [-0.3, -0.25) is 0 Å². The van der Waals surface area contributed by atoms with E-state index < -0.39 is 0 Å². The highest BCUT2D eigenvalue weighted by Gasteiger charge is 2.14. The van der Waals surface area contributed by atoms with Crippen molar-refractivity contribution >= 4 is 22.6 Å². The summed E-state index contributed by atoms with van der Waals surface area (Å²) in [4.78, 5) is 4.69. The van der Waals surface area contributed by atoms with Crippen molar-refractivity contribution in [2.24, 2.45) is 0 Å². The second-order valence-corrected chi connectivity index (χ2v) is 5.74. The van der Waals surface area contributed by atoms with Crippen LogP contribution in [0.25, 0.3) is 22.6 Å². The number of furan rings is 1. The Labute approximate surface area is 144 Å². The molecule has 0 amide bonds. The zero-order valence-electron chi connectivity index (χ0n) is 12.9. The second kappa shape index (κ2) is 6.42. The van der Waals surface area contributed by atoms with Crippen LogP contribution in [0.1, 0.15) is 0 Å². The van der Waals surface area contributed by atoms with E-state index in [-0.39, 0.29) is 0 Å². The van der Waals surface area contributed by atoms with Crippen LogP contribution >= 0.6 is 11.6 Å². The van der Waals surface area contributed by atoms with E-state index in [9.17, 15) is 0 Å². The maximum absolute atomic E-state index is 6.13. The quantitative estimate of drug-likeness (QED) is 0.512. The van der Waals surface area contributed by atoms with Crippen molar-refractivity contribution in [1.29, 1.82) is 0 Å². The smallest absolute Gasteiger partial charge is 0.177 e. The molecular formula is C19H15ClN2O2. The lowest BCUT2D eigenvalue weighted by Gasteiger charge is -2.10. The van der Waals surface area contributed by atoms with Crippen LogP contribution in [0.3, 0.4) is 0 Å². The average molecular weight is 339 g/mol. The lowest BCUT2D eigenvalue weighted by molar-refractivity contribution is 0.300. The van der Waals surface area contributed by atoms with E-state index in [2.05, 4.69) is 9.55 Å². The van der Waals surface area contributed by atoms with Crippen LogP contribution in [-0.2, 0) is 6.54 Å². The molecule has 2 aromatic heterocycles. The Morgan fingerprint density at radius 2 is 1.83 bits per heavy atom. The fraction of sp³-hybridized carbons (Fsp3) is 0.105. The molecule has 2 aromatic carbocycles. The third-order valence-electron chi connectivity index (χ3n) is 3.81. The summed E-state index contributed by atoms with van der Waals surface area (Å²) >= 11 is 6.13. The molecule has 0 radical (unpaired) electrons. The third kappa shape index (κ3) is 2.76. The first-order valence-corrected chi connectivity index (χ1v) is 8.07. The molecule has 0 fully saturated rings. The van der Waals surface area contributed by atoms with Crippen LogP contribution in [0.15, 0.2) is 71.3 Å². The Hall–Kier alpha value is -2.72. The molecule has 0 unspecified atom stereocenters. The van der Waals surface area contributed by atoms with Gasteiger partial charge in [-0.05, 0) is 36.4 Å². The van der Waals surface area contributed by atoms with E-state index >= 15 is 0 Å². The van der Waals surface area contributed by atoms with Crippen LogP contribution in [-0.4, -0.2) is 16.2 Å². The van der Waals surface area contributed by atoms with Crippen molar-refractivity contribution in [3.05, 3.63) is 71.9 Å². The second-order valence-electron chi connectivity index (χ2n) is 5.33. The fourth-order valence-electron chi connectivity index (χ4n) is 2.70. The van der Waals surface area contributed by atoms with Crippen molar-refractivity contribution in [1.82, 2.24) is 9.55 Å². The maximum atomic E-state index is 6.13. The number of hydrogen-bond donors (Lipinski definition) is 0. The summed E-state index contributed by atoms with van der Waals surface area (Å²) in [6.45, 7) is 1.12. The number of halogens is 1. The molecule has 24 heavy (non-hydrogen) atoms. The lowest BCUT2D eigenvalue weighted by atomic mass is 10.3. The number of rotatable bonds is 5. The molecule has 0 saturated carbocycles. The summed E-state index contributed by atoms with van der Waals surface area (Å²) in [7, 11) is 0. The van der Waals surface area contributed by atoms with Gasteiger partial charge < -0.3 is 13.7 Å². The monoisotopic (exact) mass is 338 g/mol. The Balaban J connectivity index is 1.63. The number of benzene rings is 2. The first-order chi connectivity index (χ1) is 11.8. The molecule has 5 heteroatoms. The minimum Gasteiger partial charge on any atom is -0.490 e. The molecule has 0 N–H and O–H groups in total. The molecule has 2 heterocycles. The van der Waals surface area contributed by atoms with Crippen LogP contribution in [0.4, 0.5) is 0 Å². The van der Waals surface area contributed by atoms with Crippen molar-refractivity contribution in [3.8, 4) is 17.3 Å². The summed E-state index contributed by atoms with van der Waals surface area (Å²) in [5.74, 6) is 2.22. The number of hydrogen-bond acceptors (Lipinski definition) is 3. The number of ether oxygens (including phenoxy) is 1. The van der Waals surface area contributed by atoms with Gasteiger partial charge in [-0.15, -0.1) is 0 Å². The summed E-state index contributed by atoms with van der Waals surface area (Å²) in [6.07, 6.45) is 1.65. The highest BCUT2D eigenvalue weighted by Crippen LogP contribution is 2.26. The fourth-order valence-corrected chi connectivity index (χ4v) is 2.89. The van der Waals surface area contributed by atoms with E-state index in [0.29, 0.717) is 23.9 Å². The molecule has 120 valence electrons. The van der Waals surface area contributed by atoms with E-state index in [1.54, 1.807) is 6.26 Å². The number of imidazole rings is 1. The Kier molecular flexibility index (Phi) is 3.97. The SMILES string of the molecule is Clc1ccccc1OCCn1c(-c2ccco2)nc2ccccc21. The molecule has 4 rings (SSSR count). The summed E-state index contributed by atoms with van der Waals surface area (Å²) in [6, 6.07) is 19.3. The van der Waals surface area contributed by atoms with Gasteiger partial charge in [-0.1, -0.05) is 35.9 Å². The van der Waals surface area contributed by atoms with Crippen LogP contribution < -0.4 is 4.74 Å². The van der Waals surface area contributed by atoms with Gasteiger partial charge in [0.05, 0.1) is 28.9 Å². The highest BCUT2D eigenvalue weighted by molar-refractivity contribution is 6.32. The standard InChI is InChI=1S/C19H15ClN2O2/c20-14-6-1-4-9-17(14)24-13-11-22-16-8-3-2-7-15(16)21-19(22)18-10-5-12-23-18/h1-10,12H,11,13H2. The first-order valence-electron chi connectivity index (χ1n) is 7.69. The average Bonchev–Trinajstić information content (AvgIpc) is 3.24. The molecule has 0 aliphatic rings. The predicted octanol–water partition coefficient (Wildman–Crippen LogP) is 5.03.